The fourth-order valence-electron chi connectivity index (χ4n) is 3.46. The quantitative estimate of drug-likeness (QED) is 0.452. The summed E-state index contributed by atoms with van der Waals surface area (Å²) in [5.41, 5.74) is 2.75. The van der Waals surface area contributed by atoms with Crippen molar-refractivity contribution in [3.05, 3.63) is 70.2 Å². The van der Waals surface area contributed by atoms with Crippen LogP contribution in [0.1, 0.15) is 24.1 Å². The molecule has 0 N–H and O–H groups in total. The molecular formula is C20H26BrIN2. The lowest BCUT2D eigenvalue weighted by Crippen LogP contribution is -3.00. The van der Waals surface area contributed by atoms with E-state index in [9.17, 15) is 0 Å². The molecule has 4 heteroatoms. The van der Waals surface area contributed by atoms with Gasteiger partial charge in [0, 0.05) is 17.6 Å². The molecule has 3 rings (SSSR count). The van der Waals surface area contributed by atoms with Crippen molar-refractivity contribution in [1.29, 1.82) is 0 Å². The Morgan fingerprint density at radius 3 is 2.17 bits per heavy atom. The first-order valence-corrected chi connectivity index (χ1v) is 9.29. The van der Waals surface area contributed by atoms with Crippen molar-refractivity contribution in [1.82, 2.24) is 4.90 Å². The van der Waals surface area contributed by atoms with Gasteiger partial charge in [0.05, 0.1) is 32.7 Å². The highest BCUT2D eigenvalue weighted by Crippen LogP contribution is 2.34. The number of rotatable bonds is 4. The van der Waals surface area contributed by atoms with Crippen molar-refractivity contribution in [2.75, 3.05) is 39.8 Å². The lowest BCUT2D eigenvalue weighted by atomic mass is 9.96. The Hall–Kier alpha value is -0.430. The molecule has 0 aliphatic carbocycles. The number of halogens is 2. The summed E-state index contributed by atoms with van der Waals surface area (Å²) in [5.74, 6) is 0. The highest BCUT2D eigenvalue weighted by molar-refractivity contribution is 9.10. The van der Waals surface area contributed by atoms with Gasteiger partial charge in [0.1, 0.15) is 0 Å². The normalized spacial score (nSPS) is 18.6. The van der Waals surface area contributed by atoms with Gasteiger partial charge in [-0.3, -0.25) is 4.90 Å². The summed E-state index contributed by atoms with van der Waals surface area (Å²) in [6, 6.07) is 19.9. The average Bonchev–Trinajstić information content (AvgIpc) is 2.60. The Kier molecular flexibility index (Phi) is 7.28. The number of likely N-dealkylation sites (N-methyl/N-ethyl adjacent to an activating group) is 1. The number of quaternary nitrogens is 1. The van der Waals surface area contributed by atoms with Gasteiger partial charge in [-0.25, -0.2) is 0 Å². The van der Waals surface area contributed by atoms with Crippen LogP contribution in [-0.4, -0.2) is 49.2 Å². The number of hydrogen-bond donors (Lipinski definition) is 0. The highest BCUT2D eigenvalue weighted by atomic mass is 127. The third kappa shape index (κ3) is 4.40. The van der Waals surface area contributed by atoms with Crippen LogP contribution >= 0.6 is 15.9 Å². The number of benzene rings is 2. The van der Waals surface area contributed by atoms with E-state index >= 15 is 0 Å². The van der Waals surface area contributed by atoms with Crippen LogP contribution in [0.4, 0.5) is 0 Å². The van der Waals surface area contributed by atoms with Crippen molar-refractivity contribution >= 4 is 15.9 Å². The molecular weight excluding hydrogens is 475 g/mol. The number of hydrogen-bond acceptors (Lipinski definition) is 1. The molecule has 1 fully saturated rings. The summed E-state index contributed by atoms with van der Waals surface area (Å²) in [6.45, 7) is 8.27. The van der Waals surface area contributed by atoms with E-state index < -0.39 is 0 Å². The third-order valence-corrected chi connectivity index (χ3v) is 6.02. The Bertz CT molecular complexity index is 639. The maximum absolute atomic E-state index is 3.77. The van der Waals surface area contributed by atoms with Crippen molar-refractivity contribution in [2.45, 2.75) is 13.0 Å². The van der Waals surface area contributed by atoms with Crippen LogP contribution in [0.2, 0.25) is 0 Å². The maximum atomic E-state index is 3.77. The molecule has 0 bridgehead atoms. The SMILES string of the molecule is CC[N+]1(C)CCN(C(c2ccccc2)c2ccccc2Br)CC1.[I-]. The van der Waals surface area contributed by atoms with Gasteiger partial charge < -0.3 is 28.5 Å². The molecule has 2 aromatic carbocycles. The van der Waals surface area contributed by atoms with Crippen molar-refractivity contribution in [3.63, 3.8) is 0 Å². The molecule has 2 aromatic rings. The molecule has 0 saturated carbocycles. The van der Waals surface area contributed by atoms with Gasteiger partial charge in [0.2, 0.25) is 0 Å². The monoisotopic (exact) mass is 500 g/mol. The summed E-state index contributed by atoms with van der Waals surface area (Å²) >= 11 is 3.77. The third-order valence-electron chi connectivity index (χ3n) is 5.30. The Morgan fingerprint density at radius 1 is 1.00 bits per heavy atom. The van der Waals surface area contributed by atoms with E-state index in [0.717, 1.165) is 13.1 Å². The van der Waals surface area contributed by atoms with E-state index in [-0.39, 0.29) is 24.0 Å². The zero-order valence-corrected chi connectivity index (χ0v) is 18.2. The predicted molar refractivity (Wildman–Crippen MR) is 100 cm³/mol. The molecule has 2 nitrogen and oxygen atoms in total. The largest absolute Gasteiger partial charge is 1.00 e. The van der Waals surface area contributed by atoms with Gasteiger partial charge in [-0.15, -0.1) is 0 Å². The molecule has 1 aliphatic rings. The zero-order valence-electron chi connectivity index (χ0n) is 14.5. The maximum Gasteiger partial charge on any atom is 0.0914 e. The van der Waals surface area contributed by atoms with Gasteiger partial charge in [0.15, 0.2) is 0 Å². The fourth-order valence-corrected chi connectivity index (χ4v) is 3.96. The van der Waals surface area contributed by atoms with E-state index in [4.69, 9.17) is 0 Å². The van der Waals surface area contributed by atoms with E-state index in [0.29, 0.717) is 6.04 Å². The summed E-state index contributed by atoms with van der Waals surface area (Å²) in [5, 5.41) is 0. The molecule has 24 heavy (non-hydrogen) atoms. The number of nitrogens with zero attached hydrogens (tertiary/aromatic N) is 2. The molecule has 1 unspecified atom stereocenters. The topological polar surface area (TPSA) is 3.24 Å². The van der Waals surface area contributed by atoms with Crippen LogP contribution in [0.15, 0.2) is 59.1 Å². The molecule has 0 amide bonds. The van der Waals surface area contributed by atoms with Gasteiger partial charge in [0.25, 0.3) is 0 Å². The van der Waals surface area contributed by atoms with Crippen molar-refractivity contribution in [2.24, 2.45) is 0 Å². The van der Waals surface area contributed by atoms with Crippen LogP contribution < -0.4 is 24.0 Å². The Balaban J connectivity index is 0.00000208. The average molecular weight is 501 g/mol. The van der Waals surface area contributed by atoms with Crippen LogP contribution in [0.3, 0.4) is 0 Å². The predicted octanol–water partition coefficient (Wildman–Crippen LogP) is 1.32. The Labute approximate surface area is 171 Å². The second-order valence-corrected chi connectivity index (χ2v) is 7.61. The number of piperazine rings is 1. The summed E-state index contributed by atoms with van der Waals surface area (Å²) < 4.78 is 2.39. The fraction of sp³-hybridized carbons (Fsp3) is 0.400. The second-order valence-electron chi connectivity index (χ2n) is 6.75. The molecule has 1 aliphatic heterocycles. The van der Waals surface area contributed by atoms with Gasteiger partial charge in [-0.2, -0.15) is 0 Å². The van der Waals surface area contributed by atoms with Crippen LogP contribution in [0.25, 0.3) is 0 Å². The van der Waals surface area contributed by atoms with Crippen molar-refractivity contribution in [3.8, 4) is 0 Å². The first kappa shape index (κ1) is 19.9. The first-order chi connectivity index (χ1) is 11.1. The molecule has 1 atom stereocenters. The molecule has 130 valence electrons. The van der Waals surface area contributed by atoms with E-state index in [1.807, 2.05) is 0 Å². The lowest BCUT2D eigenvalue weighted by Gasteiger charge is -2.44. The lowest BCUT2D eigenvalue weighted by molar-refractivity contribution is -0.912. The minimum absolute atomic E-state index is 0. The first-order valence-electron chi connectivity index (χ1n) is 8.50. The minimum Gasteiger partial charge on any atom is -1.00 e. The van der Waals surface area contributed by atoms with Crippen LogP contribution in [0, 0.1) is 0 Å². The molecule has 1 saturated heterocycles. The highest BCUT2D eigenvalue weighted by Gasteiger charge is 2.32. The van der Waals surface area contributed by atoms with Crippen LogP contribution in [0.5, 0.6) is 0 Å². The van der Waals surface area contributed by atoms with Crippen LogP contribution in [-0.2, 0) is 0 Å². The van der Waals surface area contributed by atoms with Gasteiger partial charge >= 0.3 is 0 Å². The van der Waals surface area contributed by atoms with Crippen molar-refractivity contribution < 1.29 is 28.5 Å². The Morgan fingerprint density at radius 2 is 1.58 bits per heavy atom. The minimum atomic E-state index is 0. The molecule has 1 heterocycles. The van der Waals surface area contributed by atoms with E-state index in [1.54, 1.807) is 0 Å². The smallest absolute Gasteiger partial charge is 0.0914 e. The second kappa shape index (κ2) is 8.79. The molecule has 0 aromatic heterocycles. The van der Waals surface area contributed by atoms with E-state index in [2.05, 4.69) is 89.4 Å². The van der Waals surface area contributed by atoms with E-state index in [1.165, 1.54) is 39.7 Å². The van der Waals surface area contributed by atoms with Gasteiger partial charge in [-0.05, 0) is 24.1 Å². The summed E-state index contributed by atoms with van der Waals surface area (Å²) in [6.07, 6.45) is 0. The summed E-state index contributed by atoms with van der Waals surface area (Å²) in [4.78, 5) is 2.64. The zero-order chi connectivity index (χ0) is 16.3. The standard InChI is InChI=1S/C20H26BrN2.HI/c1-3-23(2)15-13-22(14-16-23)20(17-9-5-4-6-10-17)18-11-7-8-12-19(18)21;/h4-12,20H,3,13-16H2,1-2H3;1H/q+1;/p-1. The van der Waals surface area contributed by atoms with Gasteiger partial charge in [-0.1, -0.05) is 64.5 Å². The molecule has 0 spiro atoms. The molecule has 0 radical (unpaired) electrons. The summed E-state index contributed by atoms with van der Waals surface area (Å²) in [7, 11) is 2.38.